The van der Waals surface area contributed by atoms with Gasteiger partial charge in [-0.2, -0.15) is 0 Å². The quantitative estimate of drug-likeness (QED) is 0.388. The molecule has 0 spiro atoms. The minimum absolute atomic E-state index is 0.288. The Kier molecular flexibility index (Phi) is 5.16. The van der Waals surface area contributed by atoms with E-state index in [0.717, 1.165) is 0 Å². The number of aliphatic carboxylic acids is 1. The lowest BCUT2D eigenvalue weighted by molar-refractivity contribution is -0.189. The molecular weight excluding hydrogens is 340 g/mol. The van der Waals surface area contributed by atoms with Gasteiger partial charge in [0.15, 0.2) is 0 Å². The van der Waals surface area contributed by atoms with Crippen LogP contribution < -0.4 is 0 Å². The average Bonchev–Trinajstić information content (AvgIpc) is 3.05. The number of carboxylic acid groups (broad SMARTS) is 1. The van der Waals surface area contributed by atoms with Gasteiger partial charge >= 0.3 is 11.9 Å². The first-order valence-electron chi connectivity index (χ1n) is 7.47. The second-order valence-corrected chi connectivity index (χ2v) is 5.49. The van der Waals surface area contributed by atoms with E-state index < -0.39 is 60.9 Å². The fraction of sp³-hybridized carbons (Fsp3) is 0.571. The number of amides is 4. The molecule has 2 heterocycles. The molecule has 2 saturated heterocycles. The summed E-state index contributed by atoms with van der Waals surface area (Å²) in [5.74, 6) is -6.61. The summed E-state index contributed by atoms with van der Waals surface area (Å²) in [5.41, 5.74) is -2.73. The number of rotatable bonds is 7. The van der Waals surface area contributed by atoms with Gasteiger partial charge in [0.2, 0.25) is 29.3 Å². The van der Waals surface area contributed by atoms with E-state index >= 15 is 0 Å². The second-order valence-electron chi connectivity index (χ2n) is 5.49. The first-order chi connectivity index (χ1) is 11.8. The van der Waals surface area contributed by atoms with Crippen LogP contribution in [0.5, 0.6) is 0 Å². The van der Waals surface area contributed by atoms with Gasteiger partial charge in [-0.25, -0.2) is 14.6 Å². The molecule has 0 saturated carbocycles. The molecule has 11 heteroatoms. The number of nitrogens with zero attached hydrogens (tertiary/aromatic N) is 2. The predicted molar refractivity (Wildman–Crippen MR) is 75.2 cm³/mol. The Balaban J connectivity index is 2.64. The zero-order chi connectivity index (χ0) is 18.8. The van der Waals surface area contributed by atoms with Crippen LogP contribution in [0.3, 0.4) is 0 Å². The minimum Gasteiger partial charge on any atom is -0.481 e. The highest BCUT2D eigenvalue weighted by Gasteiger charge is 2.62. The molecule has 0 bridgehead atoms. The van der Waals surface area contributed by atoms with E-state index in [1.807, 2.05) is 0 Å². The van der Waals surface area contributed by atoms with Gasteiger partial charge in [0.1, 0.15) is 6.61 Å². The highest BCUT2D eigenvalue weighted by molar-refractivity contribution is 6.12. The van der Waals surface area contributed by atoms with E-state index in [-0.39, 0.29) is 25.7 Å². The topological polar surface area (TPSA) is 159 Å². The number of aliphatic hydroxyl groups is 1. The number of carbonyl (C=O) groups excluding carboxylic acids is 5. The molecule has 0 radical (unpaired) electrons. The summed E-state index contributed by atoms with van der Waals surface area (Å²) in [5, 5.41) is 18.0. The Bertz CT molecular complexity index is 589. The molecule has 2 aliphatic heterocycles. The van der Waals surface area contributed by atoms with Crippen LogP contribution >= 0.6 is 0 Å². The average molecular weight is 356 g/mol. The third-order valence-electron chi connectivity index (χ3n) is 3.89. The number of carbonyl (C=O) groups is 6. The maximum absolute atomic E-state index is 12.6. The Morgan fingerprint density at radius 2 is 1.32 bits per heavy atom. The number of hydrogen-bond acceptors (Lipinski definition) is 8. The van der Waals surface area contributed by atoms with Crippen molar-refractivity contribution in [3.8, 4) is 0 Å². The van der Waals surface area contributed by atoms with Crippen molar-refractivity contribution in [3.63, 3.8) is 0 Å². The number of carboxylic acids is 1. The Labute approximate surface area is 141 Å². The van der Waals surface area contributed by atoms with Crippen LogP contribution in [0.4, 0.5) is 0 Å². The fourth-order valence-electron chi connectivity index (χ4n) is 2.96. The van der Waals surface area contributed by atoms with E-state index in [1.165, 1.54) is 0 Å². The monoisotopic (exact) mass is 356 g/mol. The van der Waals surface area contributed by atoms with Crippen molar-refractivity contribution in [2.24, 2.45) is 0 Å². The number of aliphatic hydroxyl groups excluding tert-OH is 1. The molecule has 0 aromatic heterocycles. The molecule has 136 valence electrons. The summed E-state index contributed by atoms with van der Waals surface area (Å²) in [7, 11) is 0. The molecule has 0 unspecified atom stereocenters. The van der Waals surface area contributed by atoms with Gasteiger partial charge in [0, 0.05) is 25.7 Å². The van der Waals surface area contributed by atoms with Crippen molar-refractivity contribution in [2.45, 2.75) is 37.8 Å². The summed E-state index contributed by atoms with van der Waals surface area (Å²) >= 11 is 0. The van der Waals surface area contributed by atoms with Crippen LogP contribution in [0, 0.1) is 0 Å². The van der Waals surface area contributed by atoms with Crippen molar-refractivity contribution in [1.82, 2.24) is 9.80 Å². The van der Waals surface area contributed by atoms with Crippen LogP contribution in [-0.2, 0) is 33.5 Å². The molecule has 0 aliphatic carbocycles. The van der Waals surface area contributed by atoms with Gasteiger partial charge in [-0.15, -0.1) is 0 Å². The lowest BCUT2D eigenvalue weighted by Crippen LogP contribution is -2.69. The van der Waals surface area contributed by atoms with Gasteiger partial charge < -0.3 is 14.9 Å². The number of ether oxygens (including phenoxy) is 1. The number of esters is 1. The molecule has 2 rings (SSSR count). The van der Waals surface area contributed by atoms with Gasteiger partial charge in [0.25, 0.3) is 0 Å². The smallest absolute Gasteiger partial charge is 0.355 e. The summed E-state index contributed by atoms with van der Waals surface area (Å²) in [6.45, 7) is -1.18. The largest absolute Gasteiger partial charge is 0.481 e. The standard InChI is InChI=1S/C14H16N2O9/c17-5-6-25-13(24)14(7-12(22)23,15-8(18)1-2-9(15)19)16-10(20)3-4-11(16)21/h17H,1-7H2,(H,22,23). The fourth-order valence-corrected chi connectivity index (χ4v) is 2.96. The van der Waals surface area contributed by atoms with E-state index in [2.05, 4.69) is 0 Å². The zero-order valence-corrected chi connectivity index (χ0v) is 13.1. The first-order valence-corrected chi connectivity index (χ1v) is 7.47. The molecule has 2 fully saturated rings. The number of imide groups is 2. The van der Waals surface area contributed by atoms with Crippen molar-refractivity contribution < 1.29 is 43.7 Å². The highest BCUT2D eigenvalue weighted by Crippen LogP contribution is 2.35. The molecular formula is C14H16N2O9. The first kappa shape index (κ1) is 18.5. The van der Waals surface area contributed by atoms with Gasteiger partial charge in [0.05, 0.1) is 13.0 Å². The molecule has 0 atom stereocenters. The van der Waals surface area contributed by atoms with Crippen LogP contribution in [0.25, 0.3) is 0 Å². The molecule has 0 aromatic carbocycles. The van der Waals surface area contributed by atoms with E-state index in [9.17, 15) is 33.9 Å². The molecule has 11 nitrogen and oxygen atoms in total. The van der Waals surface area contributed by atoms with E-state index in [1.54, 1.807) is 0 Å². The SMILES string of the molecule is O=C(O)CC(C(=O)OCCO)(N1C(=O)CCC1=O)N1C(=O)CCC1=O. The lowest BCUT2D eigenvalue weighted by atomic mass is 10.0. The van der Waals surface area contributed by atoms with E-state index in [4.69, 9.17) is 9.84 Å². The van der Waals surface area contributed by atoms with Crippen molar-refractivity contribution in [1.29, 1.82) is 0 Å². The third kappa shape index (κ3) is 3.09. The van der Waals surface area contributed by atoms with Gasteiger partial charge in [-0.05, 0) is 0 Å². The number of likely N-dealkylation sites (tertiary alicyclic amines) is 2. The van der Waals surface area contributed by atoms with Crippen molar-refractivity contribution in [3.05, 3.63) is 0 Å². The van der Waals surface area contributed by atoms with E-state index in [0.29, 0.717) is 9.80 Å². The summed E-state index contributed by atoms with van der Waals surface area (Å²) in [6.07, 6.45) is -2.35. The molecule has 25 heavy (non-hydrogen) atoms. The van der Waals surface area contributed by atoms with Crippen LogP contribution in [-0.4, -0.2) is 74.5 Å². The maximum atomic E-state index is 12.6. The highest BCUT2D eigenvalue weighted by atomic mass is 16.5. The summed E-state index contributed by atoms with van der Waals surface area (Å²) < 4.78 is 4.73. The second kappa shape index (κ2) is 6.97. The van der Waals surface area contributed by atoms with Crippen LogP contribution in [0.15, 0.2) is 0 Å². The zero-order valence-electron chi connectivity index (χ0n) is 13.1. The molecule has 2 N–H and O–H groups in total. The Morgan fingerprint density at radius 1 is 0.920 bits per heavy atom. The predicted octanol–water partition coefficient (Wildman–Crippen LogP) is -2.01. The van der Waals surface area contributed by atoms with Crippen molar-refractivity contribution in [2.75, 3.05) is 13.2 Å². The van der Waals surface area contributed by atoms with Crippen molar-refractivity contribution >= 4 is 35.6 Å². The third-order valence-corrected chi connectivity index (χ3v) is 3.89. The summed E-state index contributed by atoms with van der Waals surface area (Å²) in [6, 6.07) is 0. The Morgan fingerprint density at radius 3 is 1.64 bits per heavy atom. The van der Waals surface area contributed by atoms with Gasteiger partial charge in [-0.3, -0.25) is 24.0 Å². The Hall–Kier alpha value is -2.82. The minimum atomic E-state index is -2.73. The number of hydrogen-bond donors (Lipinski definition) is 2. The van der Waals surface area contributed by atoms with Gasteiger partial charge in [-0.1, -0.05) is 0 Å². The maximum Gasteiger partial charge on any atom is 0.355 e. The van der Waals surface area contributed by atoms with Crippen LogP contribution in [0.1, 0.15) is 32.1 Å². The lowest BCUT2D eigenvalue weighted by Gasteiger charge is -2.42. The van der Waals surface area contributed by atoms with Crippen LogP contribution in [0.2, 0.25) is 0 Å². The molecule has 4 amide bonds. The normalized spacial score (nSPS) is 18.3. The summed E-state index contributed by atoms with van der Waals surface area (Å²) in [4.78, 5) is 73.3. The molecule has 0 aromatic rings. The molecule has 2 aliphatic rings.